The molecule has 0 aliphatic carbocycles. The molecule has 0 atom stereocenters. The second kappa shape index (κ2) is 5.63. The van der Waals surface area contributed by atoms with Gasteiger partial charge in [0, 0.05) is 34.8 Å². The molecule has 0 saturated heterocycles. The maximum atomic E-state index is 11.3. The van der Waals surface area contributed by atoms with Crippen molar-refractivity contribution in [3.05, 3.63) is 40.5 Å². The first-order valence-electron chi connectivity index (χ1n) is 7.23. The zero-order valence-corrected chi connectivity index (χ0v) is 12.5. The molecule has 0 unspecified atom stereocenters. The fourth-order valence-electron chi connectivity index (χ4n) is 2.50. The van der Waals surface area contributed by atoms with Crippen LogP contribution in [0, 0.1) is 5.92 Å². The van der Waals surface area contributed by atoms with E-state index in [2.05, 4.69) is 33.1 Å². The van der Waals surface area contributed by atoms with Gasteiger partial charge in [0.2, 0.25) is 0 Å². The van der Waals surface area contributed by atoms with Gasteiger partial charge in [0.05, 0.1) is 0 Å². The summed E-state index contributed by atoms with van der Waals surface area (Å²) in [5.74, 6) is 0.357. The van der Waals surface area contributed by atoms with Gasteiger partial charge in [-0.25, -0.2) is 4.79 Å². The monoisotopic (exact) mass is 299 g/mol. The minimum atomic E-state index is -0.597. The lowest BCUT2D eigenvalue weighted by atomic mass is 10.1. The van der Waals surface area contributed by atoms with Crippen LogP contribution in [0.5, 0.6) is 0 Å². The molecule has 0 amide bonds. The molecule has 0 aliphatic rings. The SMILES string of the molecule is CC(C)CCn1cc(C=O)c2cc(-c3noc(=O)[nH]3)ccc21. The van der Waals surface area contributed by atoms with Gasteiger partial charge in [0.15, 0.2) is 12.1 Å². The van der Waals surface area contributed by atoms with Gasteiger partial charge in [0.1, 0.15) is 0 Å². The third-order valence-electron chi connectivity index (χ3n) is 3.70. The Balaban J connectivity index is 2.07. The summed E-state index contributed by atoms with van der Waals surface area (Å²) >= 11 is 0. The van der Waals surface area contributed by atoms with E-state index < -0.39 is 5.76 Å². The Hall–Kier alpha value is -2.63. The molecule has 0 bridgehead atoms. The van der Waals surface area contributed by atoms with E-state index in [0.29, 0.717) is 22.9 Å². The fourth-order valence-corrected chi connectivity index (χ4v) is 2.50. The molecule has 114 valence electrons. The molecule has 3 rings (SSSR count). The molecule has 6 nitrogen and oxygen atoms in total. The number of benzene rings is 1. The standard InChI is InChI=1S/C16H17N3O3/c1-10(2)5-6-19-8-12(9-20)13-7-11(3-4-14(13)19)15-17-16(21)22-18-15/h3-4,7-10H,5-6H2,1-2H3,(H,17,18,21). The maximum Gasteiger partial charge on any atom is 0.439 e. The van der Waals surface area contributed by atoms with Crippen LogP contribution in [0.15, 0.2) is 33.7 Å². The minimum Gasteiger partial charge on any atom is -0.347 e. The van der Waals surface area contributed by atoms with Gasteiger partial charge in [-0.1, -0.05) is 19.0 Å². The summed E-state index contributed by atoms with van der Waals surface area (Å²) in [6.07, 6.45) is 3.76. The number of hydrogen-bond acceptors (Lipinski definition) is 4. The molecule has 0 aliphatic heterocycles. The number of nitrogens with one attached hydrogen (secondary N) is 1. The minimum absolute atomic E-state index is 0.360. The zero-order valence-electron chi connectivity index (χ0n) is 12.5. The lowest BCUT2D eigenvalue weighted by Gasteiger charge is -2.07. The summed E-state index contributed by atoms with van der Waals surface area (Å²) in [6.45, 7) is 5.21. The van der Waals surface area contributed by atoms with Crippen LogP contribution in [0.4, 0.5) is 0 Å². The second-order valence-electron chi connectivity index (χ2n) is 5.75. The molecular weight excluding hydrogens is 282 g/mol. The number of fused-ring (bicyclic) bond motifs is 1. The number of rotatable bonds is 5. The number of aromatic nitrogens is 3. The molecule has 0 fully saturated rings. The summed E-state index contributed by atoms with van der Waals surface area (Å²) in [6, 6.07) is 5.64. The average Bonchev–Trinajstić information content (AvgIpc) is 3.08. The highest BCUT2D eigenvalue weighted by atomic mass is 16.5. The number of hydrogen-bond donors (Lipinski definition) is 1. The Morgan fingerprint density at radius 2 is 2.23 bits per heavy atom. The number of carbonyl (C=O) groups is 1. The van der Waals surface area contributed by atoms with Crippen molar-refractivity contribution in [1.29, 1.82) is 0 Å². The molecule has 2 aromatic heterocycles. The van der Waals surface area contributed by atoms with Crippen LogP contribution in [0.25, 0.3) is 22.3 Å². The largest absolute Gasteiger partial charge is 0.439 e. The summed E-state index contributed by atoms with van der Waals surface area (Å²) in [5.41, 5.74) is 2.34. The van der Waals surface area contributed by atoms with E-state index in [4.69, 9.17) is 0 Å². The summed E-state index contributed by atoms with van der Waals surface area (Å²) in [4.78, 5) is 24.9. The van der Waals surface area contributed by atoms with Crippen molar-refractivity contribution >= 4 is 17.2 Å². The van der Waals surface area contributed by atoms with Gasteiger partial charge >= 0.3 is 5.76 Å². The third kappa shape index (κ3) is 2.59. The highest BCUT2D eigenvalue weighted by Crippen LogP contribution is 2.26. The average molecular weight is 299 g/mol. The van der Waals surface area contributed by atoms with Crippen LogP contribution in [-0.4, -0.2) is 21.0 Å². The van der Waals surface area contributed by atoms with Crippen molar-refractivity contribution in [3.8, 4) is 11.4 Å². The second-order valence-corrected chi connectivity index (χ2v) is 5.75. The lowest BCUT2D eigenvalue weighted by Crippen LogP contribution is -2.00. The topological polar surface area (TPSA) is 80.9 Å². The molecule has 0 spiro atoms. The van der Waals surface area contributed by atoms with Crippen molar-refractivity contribution in [2.45, 2.75) is 26.8 Å². The Kier molecular flexibility index (Phi) is 3.66. The Labute approximate surface area is 126 Å². The van der Waals surface area contributed by atoms with Crippen LogP contribution in [0.2, 0.25) is 0 Å². The Morgan fingerprint density at radius 1 is 1.41 bits per heavy atom. The molecule has 2 heterocycles. The molecule has 1 N–H and O–H groups in total. The van der Waals surface area contributed by atoms with Gasteiger partial charge < -0.3 is 4.57 Å². The summed E-state index contributed by atoms with van der Waals surface area (Å²) in [7, 11) is 0. The number of aldehydes is 1. The van der Waals surface area contributed by atoms with Gasteiger partial charge in [-0.05, 0) is 30.5 Å². The van der Waals surface area contributed by atoms with E-state index >= 15 is 0 Å². The maximum absolute atomic E-state index is 11.3. The van der Waals surface area contributed by atoms with E-state index in [-0.39, 0.29) is 0 Å². The van der Waals surface area contributed by atoms with Crippen molar-refractivity contribution in [2.75, 3.05) is 0 Å². The number of aryl methyl sites for hydroxylation is 1. The van der Waals surface area contributed by atoms with Crippen molar-refractivity contribution in [1.82, 2.24) is 14.7 Å². The van der Waals surface area contributed by atoms with Gasteiger partial charge in [-0.3, -0.25) is 14.3 Å². The van der Waals surface area contributed by atoms with Crippen LogP contribution in [0.1, 0.15) is 30.6 Å². The van der Waals surface area contributed by atoms with Gasteiger partial charge in [-0.2, -0.15) is 0 Å². The number of aromatic amines is 1. The van der Waals surface area contributed by atoms with Crippen molar-refractivity contribution < 1.29 is 9.32 Å². The van der Waals surface area contributed by atoms with Crippen LogP contribution < -0.4 is 5.76 Å². The highest BCUT2D eigenvalue weighted by molar-refractivity contribution is 5.99. The Morgan fingerprint density at radius 3 is 2.86 bits per heavy atom. The lowest BCUT2D eigenvalue weighted by molar-refractivity contribution is 0.112. The first kappa shape index (κ1) is 14.3. The molecular formula is C16H17N3O3. The van der Waals surface area contributed by atoms with E-state index in [1.54, 1.807) is 0 Å². The van der Waals surface area contributed by atoms with Gasteiger partial charge in [-0.15, -0.1) is 0 Å². The third-order valence-corrected chi connectivity index (χ3v) is 3.70. The smallest absolute Gasteiger partial charge is 0.347 e. The summed E-state index contributed by atoms with van der Waals surface area (Å²) in [5, 5.41) is 4.52. The molecule has 22 heavy (non-hydrogen) atoms. The fraction of sp³-hybridized carbons (Fsp3) is 0.312. The van der Waals surface area contributed by atoms with Crippen LogP contribution in [-0.2, 0) is 6.54 Å². The molecule has 6 heteroatoms. The van der Waals surface area contributed by atoms with E-state index in [1.807, 2.05) is 24.4 Å². The van der Waals surface area contributed by atoms with Crippen LogP contribution in [0.3, 0.4) is 0 Å². The van der Waals surface area contributed by atoms with Crippen molar-refractivity contribution in [2.24, 2.45) is 5.92 Å². The first-order valence-corrected chi connectivity index (χ1v) is 7.23. The van der Waals surface area contributed by atoms with E-state index in [0.717, 1.165) is 30.2 Å². The normalized spacial score (nSPS) is 11.4. The number of H-pyrrole nitrogens is 1. The molecule has 3 aromatic rings. The van der Waals surface area contributed by atoms with E-state index in [9.17, 15) is 9.59 Å². The highest BCUT2D eigenvalue weighted by Gasteiger charge is 2.12. The first-order chi connectivity index (χ1) is 10.6. The van der Waals surface area contributed by atoms with Crippen LogP contribution >= 0.6 is 0 Å². The predicted molar refractivity (Wildman–Crippen MR) is 82.9 cm³/mol. The Bertz CT molecular complexity index is 870. The number of carbonyl (C=O) groups excluding carboxylic acids is 1. The molecule has 1 aromatic carbocycles. The predicted octanol–water partition coefficient (Wildman–Crippen LogP) is 2.84. The zero-order chi connectivity index (χ0) is 15.7. The van der Waals surface area contributed by atoms with Crippen molar-refractivity contribution in [3.63, 3.8) is 0 Å². The summed E-state index contributed by atoms with van der Waals surface area (Å²) < 4.78 is 6.61. The van der Waals surface area contributed by atoms with Gasteiger partial charge in [0.25, 0.3) is 0 Å². The number of nitrogens with zero attached hydrogens (tertiary/aromatic N) is 2. The molecule has 0 radical (unpaired) electrons. The van der Waals surface area contributed by atoms with E-state index in [1.165, 1.54) is 0 Å². The quantitative estimate of drug-likeness (QED) is 0.734. The molecule has 0 saturated carbocycles.